The number of nitrogens with zero attached hydrogens (tertiary/aromatic N) is 3. The van der Waals surface area contributed by atoms with E-state index in [1.807, 2.05) is 14.1 Å². The van der Waals surface area contributed by atoms with Crippen LogP contribution in [0.1, 0.15) is 25.5 Å². The first kappa shape index (κ1) is 11.6. The topological polar surface area (TPSA) is 44.8 Å². The van der Waals surface area contributed by atoms with Gasteiger partial charge in [-0.2, -0.15) is 0 Å². The molecule has 4 nitrogen and oxygen atoms in total. The molecule has 0 radical (unpaired) electrons. The minimum absolute atomic E-state index is 0.341. The van der Waals surface area contributed by atoms with E-state index < -0.39 is 0 Å². The molecule has 2 aromatic heterocycles. The number of H-pyrrole nitrogens is 1. The van der Waals surface area contributed by atoms with E-state index in [9.17, 15) is 0 Å². The lowest BCUT2D eigenvalue weighted by Crippen LogP contribution is -2.05. The first-order valence-corrected chi connectivity index (χ1v) is 5.72. The van der Waals surface area contributed by atoms with Crippen molar-refractivity contribution < 1.29 is 0 Å². The summed E-state index contributed by atoms with van der Waals surface area (Å²) in [6.07, 6.45) is 5.56. The minimum atomic E-state index is 0.341. The van der Waals surface area contributed by atoms with E-state index >= 15 is 0 Å². The summed E-state index contributed by atoms with van der Waals surface area (Å²) in [5.74, 6) is 0.341. The van der Waals surface area contributed by atoms with E-state index in [1.165, 1.54) is 5.57 Å². The third kappa shape index (κ3) is 2.46. The fourth-order valence-corrected chi connectivity index (χ4v) is 1.87. The quantitative estimate of drug-likeness (QED) is 0.881. The van der Waals surface area contributed by atoms with Crippen LogP contribution in [-0.2, 0) is 0 Å². The number of fused-ring (bicyclic) bond motifs is 1. The largest absolute Gasteiger partial charge is 0.384 e. The lowest BCUT2D eigenvalue weighted by Gasteiger charge is -2.13. The third-order valence-corrected chi connectivity index (χ3v) is 2.89. The molecule has 0 amide bonds. The van der Waals surface area contributed by atoms with Crippen molar-refractivity contribution in [3.8, 4) is 0 Å². The zero-order valence-corrected chi connectivity index (χ0v) is 10.7. The van der Waals surface area contributed by atoms with Crippen molar-refractivity contribution in [1.82, 2.24) is 19.9 Å². The Morgan fingerprint density at radius 3 is 2.71 bits per heavy atom. The van der Waals surface area contributed by atoms with E-state index in [2.05, 4.69) is 46.0 Å². The second-order valence-corrected chi connectivity index (χ2v) is 4.57. The van der Waals surface area contributed by atoms with Crippen molar-refractivity contribution in [1.29, 1.82) is 0 Å². The van der Waals surface area contributed by atoms with Crippen molar-refractivity contribution in [2.75, 3.05) is 14.1 Å². The Hall–Kier alpha value is -1.84. The van der Waals surface area contributed by atoms with Crippen LogP contribution in [-0.4, -0.2) is 33.9 Å². The third-order valence-electron chi connectivity index (χ3n) is 2.89. The second-order valence-electron chi connectivity index (χ2n) is 4.57. The number of aromatic amines is 1. The van der Waals surface area contributed by atoms with Crippen molar-refractivity contribution in [2.24, 2.45) is 0 Å². The molecule has 0 spiro atoms. The summed E-state index contributed by atoms with van der Waals surface area (Å²) >= 11 is 0. The zero-order chi connectivity index (χ0) is 12.4. The van der Waals surface area contributed by atoms with Gasteiger partial charge < -0.3 is 9.88 Å². The summed E-state index contributed by atoms with van der Waals surface area (Å²) in [6.45, 7) is 4.32. The van der Waals surface area contributed by atoms with Gasteiger partial charge in [0.25, 0.3) is 0 Å². The maximum Gasteiger partial charge on any atom is 0.156 e. The average molecular weight is 230 g/mol. The molecule has 0 saturated heterocycles. The highest BCUT2D eigenvalue weighted by Gasteiger charge is 2.11. The molecule has 2 heterocycles. The molecule has 1 N–H and O–H groups in total. The van der Waals surface area contributed by atoms with Gasteiger partial charge in [-0.1, -0.05) is 6.92 Å². The van der Waals surface area contributed by atoms with Gasteiger partial charge in [-0.25, -0.2) is 4.98 Å². The van der Waals surface area contributed by atoms with Crippen molar-refractivity contribution in [3.63, 3.8) is 0 Å². The van der Waals surface area contributed by atoms with E-state index in [-0.39, 0.29) is 0 Å². The van der Waals surface area contributed by atoms with Crippen LogP contribution < -0.4 is 0 Å². The molecule has 17 heavy (non-hydrogen) atoms. The van der Waals surface area contributed by atoms with Gasteiger partial charge in [0.1, 0.15) is 5.52 Å². The summed E-state index contributed by atoms with van der Waals surface area (Å²) < 4.78 is 0. The van der Waals surface area contributed by atoms with Crippen LogP contribution in [0, 0.1) is 0 Å². The summed E-state index contributed by atoms with van der Waals surface area (Å²) in [5, 5.41) is 0. The molecule has 0 aliphatic carbocycles. The molecule has 2 rings (SSSR count). The van der Waals surface area contributed by atoms with Crippen LogP contribution in [0.5, 0.6) is 0 Å². The van der Waals surface area contributed by atoms with Gasteiger partial charge in [-0.05, 0) is 24.8 Å². The number of allylic oxidation sites excluding steroid dienone is 1. The first-order valence-electron chi connectivity index (χ1n) is 5.72. The maximum atomic E-state index is 4.28. The molecule has 2 aromatic rings. The Balaban J connectivity index is 2.33. The fourth-order valence-electron chi connectivity index (χ4n) is 1.87. The first-order chi connectivity index (χ1) is 8.08. The number of nitrogens with one attached hydrogen (secondary N) is 1. The molecule has 90 valence electrons. The average Bonchev–Trinajstić information content (AvgIpc) is 2.70. The van der Waals surface area contributed by atoms with Gasteiger partial charge in [0.05, 0.1) is 0 Å². The highest BCUT2D eigenvalue weighted by molar-refractivity contribution is 5.71. The second kappa shape index (κ2) is 4.57. The lowest BCUT2D eigenvalue weighted by molar-refractivity contribution is 0.552. The predicted molar refractivity (Wildman–Crippen MR) is 69.7 cm³/mol. The van der Waals surface area contributed by atoms with E-state index in [0.29, 0.717) is 5.92 Å². The van der Waals surface area contributed by atoms with E-state index in [0.717, 1.165) is 16.9 Å². The summed E-state index contributed by atoms with van der Waals surface area (Å²) in [7, 11) is 4.06. The number of hydrogen-bond donors (Lipinski definition) is 1. The number of aromatic nitrogens is 3. The Morgan fingerprint density at radius 1 is 1.35 bits per heavy atom. The molecular weight excluding hydrogens is 212 g/mol. The fraction of sp³-hybridized carbons (Fsp3) is 0.385. The van der Waals surface area contributed by atoms with Crippen LogP contribution >= 0.6 is 0 Å². The molecule has 0 bridgehead atoms. The minimum Gasteiger partial charge on any atom is -0.384 e. The molecule has 4 heteroatoms. The highest BCUT2D eigenvalue weighted by Crippen LogP contribution is 2.24. The molecule has 0 saturated carbocycles. The Bertz CT molecular complexity index is 506. The van der Waals surface area contributed by atoms with Crippen LogP contribution in [0.15, 0.2) is 30.2 Å². The zero-order valence-electron chi connectivity index (χ0n) is 10.7. The molecule has 0 aromatic carbocycles. The van der Waals surface area contributed by atoms with Crippen LogP contribution in [0.25, 0.3) is 11.2 Å². The predicted octanol–water partition coefficient (Wildman–Crippen LogP) is 2.53. The van der Waals surface area contributed by atoms with Crippen molar-refractivity contribution in [2.45, 2.75) is 19.8 Å². The number of rotatable bonds is 3. The van der Waals surface area contributed by atoms with Gasteiger partial charge in [0.15, 0.2) is 5.65 Å². The van der Waals surface area contributed by atoms with Crippen molar-refractivity contribution in [3.05, 3.63) is 35.9 Å². The Kier molecular flexibility index (Phi) is 3.13. The van der Waals surface area contributed by atoms with Gasteiger partial charge in [0, 0.05) is 38.1 Å². The van der Waals surface area contributed by atoms with Crippen LogP contribution in [0.4, 0.5) is 0 Å². The Morgan fingerprint density at radius 2 is 2.06 bits per heavy atom. The van der Waals surface area contributed by atoms with E-state index in [1.54, 1.807) is 12.4 Å². The van der Waals surface area contributed by atoms with Crippen molar-refractivity contribution >= 4 is 11.2 Å². The maximum absolute atomic E-state index is 4.28. The molecular formula is C13H18N4. The lowest BCUT2D eigenvalue weighted by atomic mass is 10.00. The highest BCUT2D eigenvalue weighted by atomic mass is 15.0. The standard InChI is InChI=1S/C13H18N4/c1-9(8-17(3)4)10(2)11-7-12-13(16-11)15-6-5-14-12/h5-8,10H,1-4H3,(H,15,16)/b9-8-. The molecule has 1 unspecified atom stereocenters. The SMILES string of the molecule is C/C(=C/N(C)C)C(C)c1cc2nccnc2[nH]1. The van der Waals surface area contributed by atoms with Gasteiger partial charge in [0.2, 0.25) is 0 Å². The molecule has 1 atom stereocenters. The van der Waals surface area contributed by atoms with Gasteiger partial charge >= 0.3 is 0 Å². The smallest absolute Gasteiger partial charge is 0.156 e. The summed E-state index contributed by atoms with van der Waals surface area (Å²) in [5.41, 5.74) is 4.24. The summed E-state index contributed by atoms with van der Waals surface area (Å²) in [6, 6.07) is 2.07. The summed E-state index contributed by atoms with van der Waals surface area (Å²) in [4.78, 5) is 13.9. The molecule has 0 aliphatic heterocycles. The number of hydrogen-bond acceptors (Lipinski definition) is 3. The van der Waals surface area contributed by atoms with Gasteiger partial charge in [-0.3, -0.25) is 4.98 Å². The van der Waals surface area contributed by atoms with E-state index in [4.69, 9.17) is 0 Å². The van der Waals surface area contributed by atoms with Gasteiger partial charge in [-0.15, -0.1) is 0 Å². The molecule has 0 aliphatic rings. The normalized spacial score (nSPS) is 14.0. The Labute approximate surface area is 101 Å². The van der Waals surface area contributed by atoms with Crippen LogP contribution in [0.3, 0.4) is 0 Å². The monoisotopic (exact) mass is 230 g/mol. The molecule has 0 fully saturated rings. The van der Waals surface area contributed by atoms with Crippen LogP contribution in [0.2, 0.25) is 0 Å².